The summed E-state index contributed by atoms with van der Waals surface area (Å²) in [5.41, 5.74) is 2.37. The number of hydrogen-bond donors (Lipinski definition) is 1. The number of carbonyl (C=O) groups excluding carboxylic acids is 1. The molecule has 2 aromatic rings. The summed E-state index contributed by atoms with van der Waals surface area (Å²) in [6.07, 6.45) is 4.26. The molecule has 1 N–H and O–H groups in total. The lowest BCUT2D eigenvalue weighted by atomic mass is 9.86. The molecule has 1 aliphatic carbocycles. The summed E-state index contributed by atoms with van der Waals surface area (Å²) in [6.45, 7) is 2.21. The molecule has 3 nitrogen and oxygen atoms in total. The Morgan fingerprint density at radius 1 is 1.48 bits per heavy atom. The van der Waals surface area contributed by atoms with E-state index < -0.39 is 0 Å². The molecule has 1 aromatic heterocycles. The molecule has 1 amide bonds. The second-order valence-electron chi connectivity index (χ2n) is 5.77. The molecule has 0 bridgehead atoms. The number of fused-ring (bicyclic) bond motifs is 1. The number of thiophene rings is 1. The molecule has 1 heterocycles. The Kier molecular flexibility index (Phi) is 4.84. The van der Waals surface area contributed by atoms with E-state index in [2.05, 4.69) is 34.2 Å². The summed E-state index contributed by atoms with van der Waals surface area (Å²) >= 11 is 4.96. The fourth-order valence-corrected chi connectivity index (χ4v) is 4.80. The van der Waals surface area contributed by atoms with Gasteiger partial charge in [-0.2, -0.15) is 5.26 Å². The fraction of sp³-hybridized carbons (Fsp3) is 0.333. The van der Waals surface area contributed by atoms with Gasteiger partial charge in [0.15, 0.2) is 0 Å². The minimum Gasteiger partial charge on any atom is -0.312 e. The zero-order valence-electron chi connectivity index (χ0n) is 12.9. The molecule has 23 heavy (non-hydrogen) atoms. The number of nitrogens with zero attached hydrogens (tertiary/aromatic N) is 1. The van der Waals surface area contributed by atoms with Crippen LogP contribution in [-0.2, 0) is 12.8 Å². The van der Waals surface area contributed by atoms with Crippen molar-refractivity contribution in [3.63, 3.8) is 0 Å². The van der Waals surface area contributed by atoms with Crippen LogP contribution in [0.3, 0.4) is 0 Å². The highest BCUT2D eigenvalue weighted by atomic mass is 79.9. The van der Waals surface area contributed by atoms with Crippen LogP contribution in [0.2, 0.25) is 0 Å². The molecular weight excluding hydrogens is 372 g/mol. The Labute approximate surface area is 148 Å². The van der Waals surface area contributed by atoms with Gasteiger partial charge in [-0.05, 0) is 58.8 Å². The van der Waals surface area contributed by atoms with Crippen LogP contribution < -0.4 is 5.32 Å². The monoisotopic (exact) mass is 388 g/mol. The summed E-state index contributed by atoms with van der Waals surface area (Å²) in [5.74, 6) is 0.513. The first-order valence-corrected chi connectivity index (χ1v) is 9.35. The third kappa shape index (κ3) is 3.19. The minimum absolute atomic E-state index is 0.181. The van der Waals surface area contributed by atoms with Crippen molar-refractivity contribution in [2.24, 2.45) is 5.92 Å². The maximum Gasteiger partial charge on any atom is 0.257 e. The van der Waals surface area contributed by atoms with Gasteiger partial charge in [0, 0.05) is 9.35 Å². The SMILES string of the molecule is CCC1CCc2c(sc(NC(=O)c3ccccc3Br)c2C#N)C1. The summed E-state index contributed by atoms with van der Waals surface area (Å²) in [5, 5.41) is 13.1. The van der Waals surface area contributed by atoms with Crippen molar-refractivity contribution >= 4 is 38.2 Å². The fourth-order valence-electron chi connectivity index (χ4n) is 3.02. The van der Waals surface area contributed by atoms with Crippen molar-refractivity contribution in [1.82, 2.24) is 0 Å². The number of benzene rings is 1. The summed E-state index contributed by atoms with van der Waals surface area (Å²) in [6, 6.07) is 9.60. The van der Waals surface area contributed by atoms with E-state index in [4.69, 9.17) is 0 Å². The number of amides is 1. The van der Waals surface area contributed by atoms with E-state index in [1.54, 1.807) is 17.4 Å². The summed E-state index contributed by atoms with van der Waals surface area (Å²) in [7, 11) is 0. The molecule has 0 aliphatic heterocycles. The first kappa shape index (κ1) is 16.2. The molecule has 1 aliphatic rings. The molecule has 0 radical (unpaired) electrons. The third-order valence-electron chi connectivity index (χ3n) is 4.40. The van der Waals surface area contributed by atoms with Crippen LogP contribution in [0.4, 0.5) is 5.00 Å². The first-order chi connectivity index (χ1) is 11.1. The van der Waals surface area contributed by atoms with Gasteiger partial charge in [-0.15, -0.1) is 11.3 Å². The van der Waals surface area contributed by atoms with Crippen molar-refractivity contribution in [1.29, 1.82) is 5.26 Å². The van der Waals surface area contributed by atoms with Crippen LogP contribution in [0.25, 0.3) is 0 Å². The number of carbonyl (C=O) groups is 1. The molecule has 0 fully saturated rings. The highest BCUT2D eigenvalue weighted by molar-refractivity contribution is 9.10. The molecule has 1 aromatic carbocycles. The first-order valence-electron chi connectivity index (χ1n) is 7.74. The molecule has 0 saturated carbocycles. The largest absolute Gasteiger partial charge is 0.312 e. The Hall–Kier alpha value is -1.64. The molecule has 0 saturated heterocycles. The standard InChI is InChI=1S/C18H17BrN2OS/c1-2-11-7-8-12-14(10-20)18(23-16(12)9-11)21-17(22)13-5-3-4-6-15(13)19/h3-6,11H,2,7-9H2,1H3,(H,21,22). The van der Waals surface area contributed by atoms with Crippen molar-refractivity contribution in [2.75, 3.05) is 5.32 Å². The number of anilines is 1. The minimum atomic E-state index is -0.181. The van der Waals surface area contributed by atoms with E-state index in [-0.39, 0.29) is 5.91 Å². The average Bonchev–Trinajstić information content (AvgIpc) is 2.90. The zero-order valence-corrected chi connectivity index (χ0v) is 15.3. The lowest BCUT2D eigenvalue weighted by molar-refractivity contribution is 0.102. The number of nitrogens with one attached hydrogen (secondary N) is 1. The predicted molar refractivity (Wildman–Crippen MR) is 96.9 cm³/mol. The van der Waals surface area contributed by atoms with Crippen molar-refractivity contribution < 1.29 is 4.79 Å². The van der Waals surface area contributed by atoms with Gasteiger partial charge in [0.25, 0.3) is 5.91 Å². The van der Waals surface area contributed by atoms with Crippen LogP contribution >= 0.6 is 27.3 Å². The normalized spacial score (nSPS) is 16.5. The van der Waals surface area contributed by atoms with Crippen LogP contribution in [0.5, 0.6) is 0 Å². The molecule has 118 valence electrons. The number of rotatable bonds is 3. The Balaban J connectivity index is 1.90. The van der Waals surface area contributed by atoms with Gasteiger partial charge in [0.05, 0.1) is 11.1 Å². The molecule has 1 unspecified atom stereocenters. The average molecular weight is 389 g/mol. The van der Waals surface area contributed by atoms with E-state index in [1.165, 1.54) is 4.88 Å². The van der Waals surface area contributed by atoms with Crippen LogP contribution in [0, 0.1) is 17.2 Å². The smallest absolute Gasteiger partial charge is 0.257 e. The summed E-state index contributed by atoms with van der Waals surface area (Å²) in [4.78, 5) is 13.8. The quantitative estimate of drug-likeness (QED) is 0.789. The van der Waals surface area contributed by atoms with Crippen molar-refractivity contribution in [2.45, 2.75) is 32.6 Å². The van der Waals surface area contributed by atoms with Crippen LogP contribution in [0.1, 0.15) is 46.1 Å². The van der Waals surface area contributed by atoms with Crippen molar-refractivity contribution in [3.8, 4) is 6.07 Å². The predicted octanol–water partition coefficient (Wildman–Crippen LogP) is 5.15. The van der Waals surface area contributed by atoms with E-state index >= 15 is 0 Å². The Bertz CT molecular complexity index is 791. The van der Waals surface area contributed by atoms with E-state index in [0.717, 1.165) is 35.7 Å². The molecule has 3 rings (SSSR count). The molecule has 1 atom stereocenters. The van der Waals surface area contributed by atoms with Gasteiger partial charge in [0.1, 0.15) is 11.1 Å². The van der Waals surface area contributed by atoms with Crippen LogP contribution in [0.15, 0.2) is 28.7 Å². The van der Waals surface area contributed by atoms with Gasteiger partial charge in [-0.3, -0.25) is 4.79 Å². The van der Waals surface area contributed by atoms with Crippen LogP contribution in [-0.4, -0.2) is 5.91 Å². The third-order valence-corrected chi connectivity index (χ3v) is 6.26. The topological polar surface area (TPSA) is 52.9 Å². The van der Waals surface area contributed by atoms with Gasteiger partial charge < -0.3 is 5.32 Å². The van der Waals surface area contributed by atoms with Gasteiger partial charge in [-0.1, -0.05) is 25.5 Å². The summed E-state index contributed by atoms with van der Waals surface area (Å²) < 4.78 is 0.753. The maximum absolute atomic E-state index is 12.5. The number of nitriles is 1. The molecule has 0 spiro atoms. The lowest BCUT2D eigenvalue weighted by Crippen LogP contribution is -2.13. The van der Waals surface area contributed by atoms with Crippen molar-refractivity contribution in [3.05, 3.63) is 50.3 Å². The molecule has 5 heteroatoms. The highest BCUT2D eigenvalue weighted by Gasteiger charge is 2.26. The van der Waals surface area contributed by atoms with E-state index in [0.29, 0.717) is 22.0 Å². The highest BCUT2D eigenvalue weighted by Crippen LogP contribution is 2.40. The van der Waals surface area contributed by atoms with E-state index in [1.807, 2.05) is 18.2 Å². The zero-order chi connectivity index (χ0) is 16.4. The lowest BCUT2D eigenvalue weighted by Gasteiger charge is -2.20. The van der Waals surface area contributed by atoms with Gasteiger partial charge >= 0.3 is 0 Å². The van der Waals surface area contributed by atoms with Gasteiger partial charge in [-0.25, -0.2) is 0 Å². The number of halogens is 1. The second kappa shape index (κ2) is 6.86. The second-order valence-corrected chi connectivity index (χ2v) is 7.73. The molecular formula is C18H17BrN2OS. The van der Waals surface area contributed by atoms with Gasteiger partial charge in [0.2, 0.25) is 0 Å². The number of hydrogen-bond acceptors (Lipinski definition) is 3. The maximum atomic E-state index is 12.5. The Morgan fingerprint density at radius 2 is 2.26 bits per heavy atom. The Morgan fingerprint density at radius 3 is 2.96 bits per heavy atom. The van der Waals surface area contributed by atoms with E-state index in [9.17, 15) is 10.1 Å².